The molecule has 0 aromatic heterocycles. The highest BCUT2D eigenvalue weighted by Gasteiger charge is 2.33. The zero-order chi connectivity index (χ0) is 16.8. The Balaban J connectivity index is 1.87. The monoisotopic (exact) mass is 318 g/mol. The van der Waals surface area contributed by atoms with Crippen LogP contribution in [0.1, 0.15) is 38.2 Å². The minimum atomic E-state index is -0.269. The van der Waals surface area contributed by atoms with Crippen molar-refractivity contribution >= 4 is 17.5 Å². The van der Waals surface area contributed by atoms with Gasteiger partial charge in [-0.25, -0.2) is 0 Å². The molecule has 0 aliphatic carbocycles. The second-order valence-electron chi connectivity index (χ2n) is 6.35. The molecule has 1 aliphatic rings. The van der Waals surface area contributed by atoms with Gasteiger partial charge in [0, 0.05) is 38.9 Å². The van der Waals surface area contributed by atoms with E-state index in [1.165, 1.54) is 5.56 Å². The molecule has 2 rings (SSSR count). The first-order valence-electron chi connectivity index (χ1n) is 8.18. The third-order valence-corrected chi connectivity index (χ3v) is 4.21. The number of nitrogens with zero attached hydrogens (tertiary/aromatic N) is 1. The highest BCUT2D eigenvalue weighted by molar-refractivity contribution is 5.97. The Morgan fingerprint density at radius 2 is 2.04 bits per heavy atom. The number of likely N-dealkylation sites (tertiary alicyclic amines) is 1. The number of nitrogens with one attached hydrogen (secondary N) is 1. The first kappa shape index (κ1) is 17.5. The zero-order valence-corrected chi connectivity index (χ0v) is 14.2. The number of carbonyl (C=O) groups excluding carboxylic acids is 2. The van der Waals surface area contributed by atoms with Crippen LogP contribution in [0.5, 0.6) is 0 Å². The second kappa shape index (κ2) is 8.11. The van der Waals surface area contributed by atoms with Gasteiger partial charge in [0.1, 0.15) is 0 Å². The summed E-state index contributed by atoms with van der Waals surface area (Å²) in [4.78, 5) is 26.1. The highest BCUT2D eigenvalue weighted by Crippen LogP contribution is 2.21. The van der Waals surface area contributed by atoms with E-state index in [4.69, 9.17) is 4.74 Å². The lowest BCUT2D eigenvalue weighted by Crippen LogP contribution is -2.29. The summed E-state index contributed by atoms with van der Waals surface area (Å²) in [5.41, 5.74) is 2.02. The van der Waals surface area contributed by atoms with Crippen LogP contribution in [-0.2, 0) is 14.3 Å². The molecule has 1 atom stereocenters. The maximum Gasteiger partial charge on any atom is 0.229 e. The minimum Gasteiger partial charge on any atom is -0.385 e. The fourth-order valence-corrected chi connectivity index (χ4v) is 2.76. The van der Waals surface area contributed by atoms with Crippen LogP contribution in [0.3, 0.4) is 0 Å². The summed E-state index contributed by atoms with van der Waals surface area (Å²) in [6.07, 6.45) is 1.09. The van der Waals surface area contributed by atoms with Crippen LogP contribution in [0.15, 0.2) is 24.3 Å². The molecule has 1 unspecified atom stereocenters. The molecule has 23 heavy (non-hydrogen) atoms. The lowest BCUT2D eigenvalue weighted by atomic mass is 10.0. The Hall–Kier alpha value is -1.88. The molecule has 0 saturated carbocycles. The van der Waals surface area contributed by atoms with E-state index >= 15 is 0 Å². The van der Waals surface area contributed by atoms with E-state index in [0.717, 1.165) is 12.1 Å². The molecule has 0 spiro atoms. The molecule has 1 aromatic rings. The minimum absolute atomic E-state index is 0.0522. The summed E-state index contributed by atoms with van der Waals surface area (Å²) < 4.78 is 5.00. The Kier molecular flexibility index (Phi) is 6.16. The van der Waals surface area contributed by atoms with Crippen molar-refractivity contribution in [1.29, 1.82) is 0 Å². The van der Waals surface area contributed by atoms with Gasteiger partial charge in [-0.05, 0) is 30.0 Å². The summed E-state index contributed by atoms with van der Waals surface area (Å²) in [5.74, 6) is 0.170. The SMILES string of the molecule is COCCCN1CC(C(=O)Nc2ccc(C(C)C)cc2)CC1=O. The van der Waals surface area contributed by atoms with Gasteiger partial charge >= 0.3 is 0 Å². The quantitative estimate of drug-likeness (QED) is 0.786. The number of hydrogen-bond acceptors (Lipinski definition) is 3. The van der Waals surface area contributed by atoms with E-state index in [1.54, 1.807) is 12.0 Å². The van der Waals surface area contributed by atoms with Crippen LogP contribution in [-0.4, -0.2) is 43.5 Å². The molecule has 2 amide bonds. The summed E-state index contributed by atoms with van der Waals surface area (Å²) in [6, 6.07) is 7.88. The average molecular weight is 318 g/mol. The van der Waals surface area contributed by atoms with Crippen molar-refractivity contribution in [3.05, 3.63) is 29.8 Å². The summed E-state index contributed by atoms with van der Waals surface area (Å²) in [5, 5.41) is 2.92. The molecule has 5 nitrogen and oxygen atoms in total. The van der Waals surface area contributed by atoms with Crippen LogP contribution in [0.2, 0.25) is 0 Å². The number of rotatable bonds is 7. The van der Waals surface area contributed by atoms with Crippen molar-refractivity contribution in [3.63, 3.8) is 0 Å². The van der Waals surface area contributed by atoms with Gasteiger partial charge in [0.15, 0.2) is 0 Å². The standard InChI is InChI=1S/C18H26N2O3/c1-13(2)14-5-7-16(8-6-14)19-18(22)15-11-17(21)20(12-15)9-4-10-23-3/h5-8,13,15H,4,9-12H2,1-3H3,(H,19,22). The van der Waals surface area contributed by atoms with Crippen molar-refractivity contribution in [2.75, 3.05) is 32.1 Å². The van der Waals surface area contributed by atoms with Crippen LogP contribution in [0.4, 0.5) is 5.69 Å². The number of benzene rings is 1. The zero-order valence-electron chi connectivity index (χ0n) is 14.2. The number of amides is 2. The first-order chi connectivity index (χ1) is 11.0. The molecule has 5 heteroatoms. The summed E-state index contributed by atoms with van der Waals surface area (Å²) in [7, 11) is 1.65. The number of anilines is 1. The van der Waals surface area contributed by atoms with Gasteiger partial charge in [0.05, 0.1) is 5.92 Å². The number of carbonyl (C=O) groups is 2. The van der Waals surface area contributed by atoms with E-state index in [9.17, 15) is 9.59 Å². The van der Waals surface area contributed by atoms with Gasteiger partial charge in [-0.2, -0.15) is 0 Å². The Morgan fingerprint density at radius 3 is 2.65 bits per heavy atom. The average Bonchev–Trinajstić information content (AvgIpc) is 2.89. The van der Waals surface area contributed by atoms with Crippen LogP contribution >= 0.6 is 0 Å². The summed E-state index contributed by atoms with van der Waals surface area (Å²) in [6.45, 7) is 6.05. The van der Waals surface area contributed by atoms with E-state index < -0.39 is 0 Å². The molecule has 1 aromatic carbocycles. The van der Waals surface area contributed by atoms with Crippen LogP contribution in [0.25, 0.3) is 0 Å². The molecule has 126 valence electrons. The topological polar surface area (TPSA) is 58.6 Å². The molecule has 1 N–H and O–H groups in total. The number of hydrogen-bond donors (Lipinski definition) is 1. The largest absolute Gasteiger partial charge is 0.385 e. The van der Waals surface area contributed by atoms with Crippen LogP contribution in [0, 0.1) is 5.92 Å². The van der Waals surface area contributed by atoms with Gasteiger partial charge in [-0.15, -0.1) is 0 Å². The van der Waals surface area contributed by atoms with E-state index in [2.05, 4.69) is 19.2 Å². The predicted octanol–water partition coefficient (Wildman–Crippen LogP) is 2.63. The molecular weight excluding hydrogens is 292 g/mol. The van der Waals surface area contributed by atoms with Gasteiger partial charge < -0.3 is 15.0 Å². The van der Waals surface area contributed by atoms with Crippen molar-refractivity contribution in [3.8, 4) is 0 Å². The number of ether oxygens (including phenoxy) is 1. The number of methoxy groups -OCH3 is 1. The molecule has 1 saturated heterocycles. The predicted molar refractivity (Wildman–Crippen MR) is 90.3 cm³/mol. The smallest absolute Gasteiger partial charge is 0.229 e. The van der Waals surface area contributed by atoms with Crippen molar-refractivity contribution in [2.45, 2.75) is 32.6 Å². The third-order valence-electron chi connectivity index (χ3n) is 4.21. The Labute approximate surface area is 138 Å². The fraction of sp³-hybridized carbons (Fsp3) is 0.556. The molecule has 1 heterocycles. The Morgan fingerprint density at radius 1 is 1.35 bits per heavy atom. The van der Waals surface area contributed by atoms with Crippen molar-refractivity contribution in [2.24, 2.45) is 5.92 Å². The van der Waals surface area contributed by atoms with Gasteiger partial charge in [0.25, 0.3) is 0 Å². The summed E-state index contributed by atoms with van der Waals surface area (Å²) >= 11 is 0. The molecule has 1 aliphatic heterocycles. The van der Waals surface area contributed by atoms with Gasteiger partial charge in [-0.3, -0.25) is 9.59 Å². The maximum atomic E-state index is 12.3. The van der Waals surface area contributed by atoms with Gasteiger partial charge in [0.2, 0.25) is 11.8 Å². The van der Waals surface area contributed by atoms with E-state index in [-0.39, 0.29) is 17.7 Å². The van der Waals surface area contributed by atoms with E-state index in [1.807, 2.05) is 24.3 Å². The molecule has 1 fully saturated rings. The fourth-order valence-electron chi connectivity index (χ4n) is 2.76. The highest BCUT2D eigenvalue weighted by atomic mass is 16.5. The van der Waals surface area contributed by atoms with Gasteiger partial charge in [-0.1, -0.05) is 26.0 Å². The lowest BCUT2D eigenvalue weighted by Gasteiger charge is -2.16. The van der Waals surface area contributed by atoms with E-state index in [0.29, 0.717) is 32.0 Å². The van der Waals surface area contributed by atoms with Crippen LogP contribution < -0.4 is 5.32 Å². The molecular formula is C18H26N2O3. The first-order valence-corrected chi connectivity index (χ1v) is 8.18. The second-order valence-corrected chi connectivity index (χ2v) is 6.35. The molecule has 0 bridgehead atoms. The third kappa shape index (κ3) is 4.79. The van der Waals surface area contributed by atoms with Crippen molar-refractivity contribution < 1.29 is 14.3 Å². The van der Waals surface area contributed by atoms with Crippen molar-refractivity contribution in [1.82, 2.24) is 4.90 Å². The normalized spacial score (nSPS) is 17.8. The Bertz CT molecular complexity index is 540. The lowest BCUT2D eigenvalue weighted by molar-refractivity contribution is -0.128. The maximum absolute atomic E-state index is 12.3. The molecule has 0 radical (unpaired) electrons.